The Morgan fingerprint density at radius 1 is 1.38 bits per heavy atom. The fraction of sp³-hybridized carbons (Fsp3) is 0.500. The van der Waals surface area contributed by atoms with Gasteiger partial charge in [-0.25, -0.2) is 8.42 Å². The molecule has 9 heteroatoms. The number of hydrogen-bond acceptors (Lipinski definition) is 7. The van der Waals surface area contributed by atoms with Crippen LogP contribution in [0.3, 0.4) is 0 Å². The Morgan fingerprint density at radius 2 is 2.14 bits per heavy atom. The Bertz CT molecular complexity index is 1010. The highest BCUT2D eigenvalue weighted by Gasteiger charge is 2.36. The summed E-state index contributed by atoms with van der Waals surface area (Å²) in [4.78, 5) is 26.5. The van der Waals surface area contributed by atoms with Crippen LogP contribution in [-0.2, 0) is 30.6 Å². The summed E-state index contributed by atoms with van der Waals surface area (Å²) < 4.78 is 34.1. The molecule has 1 fully saturated rings. The molecule has 1 aliphatic rings. The SMILES string of the molecule is CC[C@@H](C)N(C(=O)COC(=O)Cc1coc2cc(O)ccc12)[C@@H]1CCS(=O)(=O)C1. The number of hydrogen-bond donors (Lipinski definition) is 1. The highest BCUT2D eigenvalue weighted by atomic mass is 32.2. The van der Waals surface area contributed by atoms with Crippen LogP contribution in [-0.4, -0.2) is 60.5 Å². The Kier molecular flexibility index (Phi) is 6.16. The van der Waals surface area contributed by atoms with E-state index in [1.54, 1.807) is 11.0 Å². The molecule has 0 bridgehead atoms. The number of phenols is 1. The van der Waals surface area contributed by atoms with Gasteiger partial charge < -0.3 is 19.2 Å². The molecule has 158 valence electrons. The summed E-state index contributed by atoms with van der Waals surface area (Å²) >= 11 is 0. The van der Waals surface area contributed by atoms with E-state index in [0.717, 1.165) is 0 Å². The topological polar surface area (TPSA) is 114 Å². The lowest BCUT2D eigenvalue weighted by Gasteiger charge is -2.33. The molecule has 29 heavy (non-hydrogen) atoms. The average molecular weight is 423 g/mol. The van der Waals surface area contributed by atoms with Gasteiger partial charge in [-0.05, 0) is 31.9 Å². The van der Waals surface area contributed by atoms with E-state index in [9.17, 15) is 23.1 Å². The molecule has 0 unspecified atom stereocenters. The molecule has 1 N–H and O–H groups in total. The molecule has 2 aromatic rings. The molecule has 3 rings (SSSR count). The fourth-order valence-corrected chi connectivity index (χ4v) is 5.34. The lowest BCUT2D eigenvalue weighted by molar-refractivity contribution is -0.153. The summed E-state index contributed by atoms with van der Waals surface area (Å²) in [6.07, 6.45) is 2.42. The van der Waals surface area contributed by atoms with Gasteiger partial charge in [0, 0.05) is 29.1 Å². The standard InChI is InChI=1S/C20H25NO7S/c1-3-13(2)21(15-6-7-29(25,26)12-15)19(23)11-28-20(24)8-14-10-27-18-9-16(22)4-5-17(14)18/h4-5,9-10,13,15,22H,3,6-8,11-12H2,1-2H3/t13-,15-/m1/s1. The molecule has 1 aromatic heterocycles. The minimum absolute atomic E-state index is 0.0507. The quantitative estimate of drug-likeness (QED) is 0.678. The number of aromatic hydroxyl groups is 1. The van der Waals surface area contributed by atoms with E-state index in [0.29, 0.717) is 29.4 Å². The van der Waals surface area contributed by atoms with Gasteiger partial charge in [0.15, 0.2) is 16.4 Å². The number of fused-ring (bicyclic) bond motifs is 1. The Morgan fingerprint density at radius 3 is 2.79 bits per heavy atom. The largest absolute Gasteiger partial charge is 0.508 e. The second-order valence-electron chi connectivity index (χ2n) is 7.39. The zero-order valence-corrected chi connectivity index (χ0v) is 17.3. The Labute approximate surface area is 169 Å². The second-order valence-corrected chi connectivity index (χ2v) is 9.62. The van der Waals surface area contributed by atoms with Crippen molar-refractivity contribution in [2.24, 2.45) is 0 Å². The van der Waals surface area contributed by atoms with E-state index in [1.807, 2.05) is 13.8 Å². The van der Waals surface area contributed by atoms with E-state index in [-0.39, 0.29) is 35.8 Å². The summed E-state index contributed by atoms with van der Waals surface area (Å²) in [5.74, 6) is -0.897. The maximum absolute atomic E-state index is 12.7. The number of esters is 1. The van der Waals surface area contributed by atoms with E-state index in [2.05, 4.69) is 0 Å². The third-order valence-corrected chi connectivity index (χ3v) is 7.04. The lowest BCUT2D eigenvalue weighted by atomic mass is 10.1. The van der Waals surface area contributed by atoms with Gasteiger partial charge in [-0.2, -0.15) is 0 Å². The van der Waals surface area contributed by atoms with Crippen LogP contribution in [0.5, 0.6) is 5.75 Å². The van der Waals surface area contributed by atoms with Crippen LogP contribution in [0.4, 0.5) is 0 Å². The van der Waals surface area contributed by atoms with Crippen molar-refractivity contribution >= 4 is 32.7 Å². The Hall–Kier alpha value is -2.55. The summed E-state index contributed by atoms with van der Waals surface area (Å²) in [6.45, 7) is 3.34. The van der Waals surface area contributed by atoms with Crippen LogP contribution >= 0.6 is 0 Å². The predicted octanol–water partition coefficient (Wildman–Crippen LogP) is 2.04. The van der Waals surface area contributed by atoms with Gasteiger partial charge in [-0.15, -0.1) is 0 Å². The normalized spacial score (nSPS) is 19.2. The number of nitrogens with zero attached hydrogens (tertiary/aromatic N) is 1. The minimum atomic E-state index is -3.14. The number of rotatable bonds is 7. The first-order valence-corrected chi connectivity index (χ1v) is 11.4. The van der Waals surface area contributed by atoms with Crippen molar-refractivity contribution in [1.82, 2.24) is 4.90 Å². The maximum atomic E-state index is 12.7. The number of sulfone groups is 1. The van der Waals surface area contributed by atoms with Crippen molar-refractivity contribution in [3.63, 3.8) is 0 Å². The first-order chi connectivity index (χ1) is 13.7. The van der Waals surface area contributed by atoms with Crippen LogP contribution < -0.4 is 0 Å². The summed E-state index contributed by atoms with van der Waals surface area (Å²) in [5.41, 5.74) is 1.05. The molecule has 2 heterocycles. The van der Waals surface area contributed by atoms with Gasteiger partial charge in [0.05, 0.1) is 24.2 Å². The van der Waals surface area contributed by atoms with Crippen molar-refractivity contribution in [3.05, 3.63) is 30.0 Å². The first-order valence-electron chi connectivity index (χ1n) is 9.56. The highest BCUT2D eigenvalue weighted by molar-refractivity contribution is 7.91. The lowest BCUT2D eigenvalue weighted by Crippen LogP contribution is -2.48. The molecule has 0 spiro atoms. The van der Waals surface area contributed by atoms with Gasteiger partial charge in [0.25, 0.3) is 5.91 Å². The van der Waals surface area contributed by atoms with Crippen molar-refractivity contribution in [3.8, 4) is 5.75 Å². The maximum Gasteiger partial charge on any atom is 0.310 e. The van der Waals surface area contributed by atoms with E-state index in [1.165, 1.54) is 18.4 Å². The van der Waals surface area contributed by atoms with E-state index >= 15 is 0 Å². The monoisotopic (exact) mass is 423 g/mol. The molecule has 0 aliphatic carbocycles. The zero-order valence-electron chi connectivity index (χ0n) is 16.5. The number of furan rings is 1. The molecule has 1 saturated heterocycles. The number of benzene rings is 1. The number of carbonyl (C=O) groups excluding carboxylic acids is 2. The number of amides is 1. The summed E-state index contributed by atoms with van der Waals surface area (Å²) in [5, 5.41) is 10.2. The molecule has 1 amide bonds. The van der Waals surface area contributed by atoms with Crippen LogP contribution in [0.25, 0.3) is 11.0 Å². The van der Waals surface area contributed by atoms with E-state index in [4.69, 9.17) is 9.15 Å². The van der Waals surface area contributed by atoms with Crippen LogP contribution in [0.15, 0.2) is 28.9 Å². The molecule has 1 aliphatic heterocycles. The predicted molar refractivity (Wildman–Crippen MR) is 106 cm³/mol. The molecular formula is C20H25NO7S. The summed E-state index contributed by atoms with van der Waals surface area (Å²) in [7, 11) is -3.14. The zero-order chi connectivity index (χ0) is 21.2. The van der Waals surface area contributed by atoms with Crippen molar-refractivity contribution < 1.29 is 32.3 Å². The van der Waals surface area contributed by atoms with Crippen molar-refractivity contribution in [2.75, 3.05) is 18.1 Å². The van der Waals surface area contributed by atoms with Crippen LogP contribution in [0, 0.1) is 0 Å². The van der Waals surface area contributed by atoms with Gasteiger partial charge >= 0.3 is 5.97 Å². The highest BCUT2D eigenvalue weighted by Crippen LogP contribution is 2.26. The van der Waals surface area contributed by atoms with E-state index < -0.39 is 28.3 Å². The van der Waals surface area contributed by atoms with Crippen molar-refractivity contribution in [1.29, 1.82) is 0 Å². The first kappa shape index (κ1) is 21.2. The number of ether oxygens (including phenoxy) is 1. The van der Waals surface area contributed by atoms with Gasteiger partial charge in [-0.3, -0.25) is 9.59 Å². The third-order valence-electron chi connectivity index (χ3n) is 5.29. The van der Waals surface area contributed by atoms with Gasteiger partial charge in [0.2, 0.25) is 0 Å². The smallest absolute Gasteiger partial charge is 0.310 e. The van der Waals surface area contributed by atoms with Gasteiger partial charge in [0.1, 0.15) is 11.3 Å². The van der Waals surface area contributed by atoms with Crippen LogP contribution in [0.1, 0.15) is 32.3 Å². The molecule has 0 saturated carbocycles. The van der Waals surface area contributed by atoms with Crippen molar-refractivity contribution in [2.45, 2.75) is 45.2 Å². The molecule has 2 atom stereocenters. The number of phenolic OH excluding ortho intramolecular Hbond substituents is 1. The average Bonchev–Trinajstić information content (AvgIpc) is 3.22. The Balaban J connectivity index is 1.62. The fourth-order valence-electron chi connectivity index (χ4n) is 3.63. The molecule has 0 radical (unpaired) electrons. The van der Waals surface area contributed by atoms with Crippen LogP contribution in [0.2, 0.25) is 0 Å². The minimum Gasteiger partial charge on any atom is -0.508 e. The molecule has 8 nitrogen and oxygen atoms in total. The number of carbonyl (C=O) groups is 2. The third kappa shape index (κ3) is 4.90. The molecular weight excluding hydrogens is 398 g/mol. The second kappa shape index (κ2) is 8.44. The summed E-state index contributed by atoms with van der Waals surface area (Å²) in [6, 6.07) is 4.06. The van der Waals surface area contributed by atoms with Gasteiger partial charge in [-0.1, -0.05) is 6.92 Å². The molecule has 1 aromatic carbocycles.